The zero-order valence-corrected chi connectivity index (χ0v) is 7.91. The normalized spacial score (nSPS) is 9.21. The number of amides is 1. The zero-order valence-electron chi connectivity index (χ0n) is 7.91. The summed E-state index contributed by atoms with van der Waals surface area (Å²) in [6.45, 7) is 4.83. The van der Waals surface area contributed by atoms with E-state index in [2.05, 4.69) is 11.9 Å². The van der Waals surface area contributed by atoms with E-state index in [0.717, 1.165) is 0 Å². The van der Waals surface area contributed by atoms with Gasteiger partial charge in [0.1, 0.15) is 0 Å². The Labute approximate surface area is 82.4 Å². The summed E-state index contributed by atoms with van der Waals surface area (Å²) in [5.41, 5.74) is 0.620. The quantitative estimate of drug-likeness (QED) is 0.578. The van der Waals surface area contributed by atoms with Crippen LogP contribution in [0.4, 0.5) is 0 Å². The summed E-state index contributed by atoms with van der Waals surface area (Å²) >= 11 is 0. The summed E-state index contributed by atoms with van der Waals surface area (Å²) in [5, 5.41) is 2.36. The summed E-state index contributed by atoms with van der Waals surface area (Å²) in [6.07, 6.45) is 0. The van der Waals surface area contributed by atoms with Gasteiger partial charge >= 0.3 is 0 Å². The third kappa shape index (κ3) is 2.55. The number of hydrogen-bond acceptors (Lipinski definition) is 2. The smallest absolute Gasteiger partial charge is 0.221 e. The van der Waals surface area contributed by atoms with Gasteiger partial charge in [0.25, 0.3) is 0 Å². The van der Waals surface area contributed by atoms with E-state index in [1.165, 1.54) is 6.92 Å². The number of carbonyl (C=O) groups is 2. The molecule has 1 N–H and O–H groups in total. The minimum Gasteiger partial charge on any atom is -0.324 e. The van der Waals surface area contributed by atoms with Crippen LogP contribution < -0.4 is 5.32 Å². The van der Waals surface area contributed by atoms with Crippen molar-refractivity contribution < 1.29 is 9.59 Å². The van der Waals surface area contributed by atoms with Gasteiger partial charge in [-0.3, -0.25) is 9.59 Å². The van der Waals surface area contributed by atoms with Crippen molar-refractivity contribution in [3.8, 4) is 0 Å². The standard InChI is InChI=1S/C11H11NO2/c1-8(12-9(2)13)11(14)10-6-4-3-5-7-10/h3-7H,1H2,2H3,(H,12,13). The Balaban J connectivity index is 2.76. The van der Waals surface area contributed by atoms with Crippen molar-refractivity contribution in [1.82, 2.24) is 5.32 Å². The first-order valence-corrected chi connectivity index (χ1v) is 4.17. The first kappa shape index (κ1) is 10.2. The lowest BCUT2D eigenvalue weighted by molar-refractivity contribution is -0.118. The molecule has 3 heteroatoms. The number of rotatable bonds is 3. The topological polar surface area (TPSA) is 46.2 Å². The first-order valence-electron chi connectivity index (χ1n) is 4.17. The third-order valence-corrected chi connectivity index (χ3v) is 1.64. The maximum atomic E-state index is 11.6. The van der Waals surface area contributed by atoms with E-state index >= 15 is 0 Å². The van der Waals surface area contributed by atoms with Crippen molar-refractivity contribution in [3.05, 3.63) is 48.2 Å². The molecule has 0 saturated carbocycles. The largest absolute Gasteiger partial charge is 0.324 e. The molecular formula is C11H11NO2. The molecule has 0 atom stereocenters. The van der Waals surface area contributed by atoms with Gasteiger partial charge in [-0.2, -0.15) is 0 Å². The number of ketones is 1. The molecule has 1 amide bonds. The van der Waals surface area contributed by atoms with Crippen LogP contribution in [0.1, 0.15) is 17.3 Å². The fourth-order valence-electron chi connectivity index (χ4n) is 1.03. The Bertz CT molecular complexity index is 368. The van der Waals surface area contributed by atoms with E-state index in [-0.39, 0.29) is 17.4 Å². The highest BCUT2D eigenvalue weighted by molar-refractivity contribution is 6.09. The van der Waals surface area contributed by atoms with Gasteiger partial charge in [-0.05, 0) is 0 Å². The van der Waals surface area contributed by atoms with Crippen molar-refractivity contribution in [2.45, 2.75) is 6.92 Å². The van der Waals surface area contributed by atoms with Gasteiger partial charge in [0.05, 0.1) is 5.70 Å². The van der Waals surface area contributed by atoms with Gasteiger partial charge in [0, 0.05) is 12.5 Å². The Morgan fingerprint density at radius 1 is 1.21 bits per heavy atom. The fourth-order valence-corrected chi connectivity index (χ4v) is 1.03. The molecule has 0 unspecified atom stereocenters. The first-order chi connectivity index (χ1) is 6.61. The van der Waals surface area contributed by atoms with Gasteiger partial charge in [-0.1, -0.05) is 36.9 Å². The lowest BCUT2D eigenvalue weighted by Crippen LogP contribution is -2.24. The van der Waals surface area contributed by atoms with Gasteiger partial charge in [0.2, 0.25) is 11.7 Å². The monoisotopic (exact) mass is 189 g/mol. The lowest BCUT2D eigenvalue weighted by Gasteiger charge is -2.04. The van der Waals surface area contributed by atoms with Gasteiger partial charge in [-0.15, -0.1) is 0 Å². The molecule has 0 aliphatic rings. The van der Waals surface area contributed by atoms with Crippen molar-refractivity contribution >= 4 is 11.7 Å². The van der Waals surface area contributed by atoms with E-state index in [1.807, 2.05) is 6.07 Å². The molecule has 1 aromatic rings. The Kier molecular flexibility index (Phi) is 3.18. The van der Waals surface area contributed by atoms with E-state index in [0.29, 0.717) is 5.56 Å². The zero-order chi connectivity index (χ0) is 10.6. The van der Waals surface area contributed by atoms with Crippen molar-refractivity contribution in [2.24, 2.45) is 0 Å². The Hall–Kier alpha value is -1.90. The average molecular weight is 189 g/mol. The molecular weight excluding hydrogens is 178 g/mol. The molecule has 0 aliphatic heterocycles. The fraction of sp³-hybridized carbons (Fsp3) is 0.0909. The number of allylic oxidation sites excluding steroid dienone is 1. The van der Waals surface area contributed by atoms with Crippen LogP contribution >= 0.6 is 0 Å². The van der Waals surface area contributed by atoms with E-state index in [9.17, 15) is 9.59 Å². The second-order valence-corrected chi connectivity index (χ2v) is 2.85. The molecule has 0 spiro atoms. The Morgan fingerprint density at radius 2 is 1.79 bits per heavy atom. The molecule has 0 saturated heterocycles. The highest BCUT2D eigenvalue weighted by Crippen LogP contribution is 2.04. The number of Topliss-reactive ketones (excluding diaryl/α,β-unsaturated/α-hetero) is 1. The van der Waals surface area contributed by atoms with Crippen molar-refractivity contribution in [1.29, 1.82) is 0 Å². The Morgan fingerprint density at radius 3 is 2.29 bits per heavy atom. The molecule has 0 aliphatic carbocycles. The number of nitrogens with one attached hydrogen (secondary N) is 1. The predicted molar refractivity (Wildman–Crippen MR) is 53.7 cm³/mol. The molecule has 0 aromatic heterocycles. The predicted octanol–water partition coefficient (Wildman–Crippen LogP) is 1.52. The molecule has 72 valence electrons. The van der Waals surface area contributed by atoms with E-state index in [4.69, 9.17) is 0 Å². The van der Waals surface area contributed by atoms with Crippen LogP contribution in [0.15, 0.2) is 42.6 Å². The number of carbonyl (C=O) groups excluding carboxylic acids is 2. The van der Waals surface area contributed by atoms with Gasteiger partial charge in [-0.25, -0.2) is 0 Å². The van der Waals surface area contributed by atoms with Crippen LogP contribution in [-0.4, -0.2) is 11.7 Å². The average Bonchev–Trinajstić information content (AvgIpc) is 2.17. The lowest BCUT2D eigenvalue weighted by atomic mass is 10.1. The van der Waals surface area contributed by atoms with Gasteiger partial charge < -0.3 is 5.32 Å². The van der Waals surface area contributed by atoms with Crippen LogP contribution in [0.25, 0.3) is 0 Å². The second-order valence-electron chi connectivity index (χ2n) is 2.85. The third-order valence-electron chi connectivity index (χ3n) is 1.64. The summed E-state index contributed by atoms with van der Waals surface area (Å²) in [6, 6.07) is 8.69. The molecule has 0 radical (unpaired) electrons. The molecule has 1 aromatic carbocycles. The summed E-state index contributed by atoms with van der Waals surface area (Å²) in [5.74, 6) is -0.555. The van der Waals surface area contributed by atoms with Crippen molar-refractivity contribution in [3.63, 3.8) is 0 Å². The second kappa shape index (κ2) is 4.37. The van der Waals surface area contributed by atoms with Crippen LogP contribution in [0.2, 0.25) is 0 Å². The number of hydrogen-bond donors (Lipinski definition) is 1. The molecule has 0 bridgehead atoms. The molecule has 14 heavy (non-hydrogen) atoms. The van der Waals surface area contributed by atoms with Crippen LogP contribution in [0.5, 0.6) is 0 Å². The van der Waals surface area contributed by atoms with Gasteiger partial charge in [0.15, 0.2) is 0 Å². The summed E-state index contributed by atoms with van der Waals surface area (Å²) in [7, 11) is 0. The van der Waals surface area contributed by atoms with Crippen molar-refractivity contribution in [2.75, 3.05) is 0 Å². The summed E-state index contributed by atoms with van der Waals surface area (Å²) < 4.78 is 0. The highest BCUT2D eigenvalue weighted by atomic mass is 16.2. The molecule has 1 rings (SSSR count). The summed E-state index contributed by atoms with van der Waals surface area (Å²) in [4.78, 5) is 22.2. The minimum absolute atomic E-state index is 0.101. The maximum Gasteiger partial charge on any atom is 0.221 e. The highest BCUT2D eigenvalue weighted by Gasteiger charge is 2.09. The van der Waals surface area contributed by atoms with Crippen LogP contribution in [0.3, 0.4) is 0 Å². The molecule has 0 heterocycles. The minimum atomic E-state index is -0.292. The van der Waals surface area contributed by atoms with Crippen LogP contribution in [0, 0.1) is 0 Å². The number of benzene rings is 1. The maximum absolute atomic E-state index is 11.6. The molecule has 3 nitrogen and oxygen atoms in total. The van der Waals surface area contributed by atoms with E-state index in [1.54, 1.807) is 24.3 Å². The SMILES string of the molecule is C=C(NC(C)=O)C(=O)c1ccccc1. The van der Waals surface area contributed by atoms with E-state index < -0.39 is 0 Å². The van der Waals surface area contributed by atoms with Crippen LogP contribution in [-0.2, 0) is 4.79 Å². The molecule has 0 fully saturated rings.